The summed E-state index contributed by atoms with van der Waals surface area (Å²) in [5.41, 5.74) is 0. The van der Waals surface area contributed by atoms with E-state index in [0.717, 1.165) is 13.0 Å². The molecule has 0 spiro atoms. The maximum Gasteiger partial charge on any atom is 0.322 e. The van der Waals surface area contributed by atoms with Crippen LogP contribution in [-0.4, -0.2) is 28.6 Å². The highest BCUT2D eigenvalue weighted by Gasteiger charge is 2.06. The molecule has 0 aliphatic rings. The van der Waals surface area contributed by atoms with Crippen LogP contribution in [0.4, 0.5) is 11.9 Å². The number of anilines is 2. The third kappa shape index (κ3) is 3.80. The third-order valence-electron chi connectivity index (χ3n) is 2.62. The van der Waals surface area contributed by atoms with Crippen LogP contribution < -0.4 is 15.4 Å². The molecule has 0 saturated carbocycles. The Hall–Kier alpha value is -1.89. The van der Waals surface area contributed by atoms with Crippen molar-refractivity contribution >= 4 is 23.2 Å². The van der Waals surface area contributed by atoms with E-state index in [-0.39, 0.29) is 0 Å². The van der Waals surface area contributed by atoms with Gasteiger partial charge in [-0.1, -0.05) is 6.92 Å². The summed E-state index contributed by atoms with van der Waals surface area (Å²) in [5.74, 6) is 1.03. The molecule has 2 heterocycles. The Morgan fingerprint density at radius 2 is 1.75 bits per heavy atom. The summed E-state index contributed by atoms with van der Waals surface area (Å²) in [6.07, 6.45) is 1.06. The number of hydrogen-bond acceptors (Lipinski definition) is 7. The number of hydrogen-bond donors (Lipinski definition) is 2. The van der Waals surface area contributed by atoms with Gasteiger partial charge in [-0.25, -0.2) is 0 Å². The number of methoxy groups -OCH3 is 1. The molecule has 108 valence electrons. The average molecular weight is 293 g/mol. The highest BCUT2D eigenvalue weighted by atomic mass is 32.1. The van der Waals surface area contributed by atoms with Crippen LogP contribution in [0.25, 0.3) is 0 Å². The first kappa shape index (κ1) is 14.5. The average Bonchev–Trinajstić information content (AvgIpc) is 2.93. The summed E-state index contributed by atoms with van der Waals surface area (Å²) >= 11 is 1.80. The standard InChI is InChI=1S/C13H19N5OS/c1-4-9-6-7-10(20-9)8-15-12-16-11(14-5-2)17-13(18-12)19-3/h6-7H,4-5,8H2,1-3H3,(H2,14,15,16,17,18). The van der Waals surface area contributed by atoms with Gasteiger partial charge in [-0.2, -0.15) is 15.0 Å². The Balaban J connectivity index is 2.05. The number of aryl methyl sites for hydroxylation is 1. The van der Waals surface area contributed by atoms with Gasteiger partial charge in [0.2, 0.25) is 11.9 Å². The topological polar surface area (TPSA) is 72.0 Å². The Labute approximate surface area is 122 Å². The first-order chi connectivity index (χ1) is 9.75. The molecular weight excluding hydrogens is 274 g/mol. The molecule has 0 aliphatic heterocycles. The zero-order valence-electron chi connectivity index (χ0n) is 11.9. The van der Waals surface area contributed by atoms with E-state index in [1.165, 1.54) is 9.75 Å². The highest BCUT2D eigenvalue weighted by Crippen LogP contribution is 2.18. The van der Waals surface area contributed by atoms with Crippen LogP contribution in [0.1, 0.15) is 23.6 Å². The molecule has 0 radical (unpaired) electrons. The predicted molar refractivity (Wildman–Crippen MR) is 81.6 cm³/mol. The van der Waals surface area contributed by atoms with Crippen molar-refractivity contribution in [3.05, 3.63) is 21.9 Å². The van der Waals surface area contributed by atoms with Gasteiger partial charge in [0.15, 0.2) is 0 Å². The van der Waals surface area contributed by atoms with Crippen molar-refractivity contribution in [1.82, 2.24) is 15.0 Å². The van der Waals surface area contributed by atoms with Crippen molar-refractivity contribution < 1.29 is 4.74 Å². The van der Waals surface area contributed by atoms with Crippen molar-refractivity contribution in [3.8, 4) is 6.01 Å². The molecular formula is C13H19N5OS. The van der Waals surface area contributed by atoms with Crippen LogP contribution in [0.15, 0.2) is 12.1 Å². The van der Waals surface area contributed by atoms with Gasteiger partial charge in [-0.3, -0.25) is 0 Å². The molecule has 0 bridgehead atoms. The van der Waals surface area contributed by atoms with Gasteiger partial charge in [0, 0.05) is 16.3 Å². The number of ether oxygens (including phenoxy) is 1. The second-order valence-electron chi connectivity index (χ2n) is 4.07. The molecule has 0 atom stereocenters. The molecule has 0 fully saturated rings. The van der Waals surface area contributed by atoms with E-state index in [1.54, 1.807) is 18.4 Å². The smallest absolute Gasteiger partial charge is 0.322 e. The maximum atomic E-state index is 5.08. The van der Waals surface area contributed by atoms with Gasteiger partial charge in [0.1, 0.15) is 0 Å². The lowest BCUT2D eigenvalue weighted by Crippen LogP contribution is -2.09. The van der Waals surface area contributed by atoms with Crippen molar-refractivity contribution in [3.63, 3.8) is 0 Å². The normalized spacial score (nSPS) is 10.3. The molecule has 2 N–H and O–H groups in total. The van der Waals surface area contributed by atoms with Crippen LogP contribution >= 0.6 is 11.3 Å². The second-order valence-corrected chi connectivity index (χ2v) is 5.33. The molecule has 0 aromatic carbocycles. The lowest BCUT2D eigenvalue weighted by Gasteiger charge is -2.07. The summed E-state index contributed by atoms with van der Waals surface area (Å²) in [6.45, 7) is 5.59. The van der Waals surface area contributed by atoms with E-state index in [1.807, 2.05) is 6.92 Å². The van der Waals surface area contributed by atoms with Crippen LogP contribution in [0, 0.1) is 0 Å². The van der Waals surface area contributed by atoms with E-state index in [0.29, 0.717) is 24.5 Å². The fourth-order valence-corrected chi connectivity index (χ4v) is 2.54. The van der Waals surface area contributed by atoms with E-state index in [2.05, 4.69) is 44.6 Å². The SMILES string of the molecule is CCNc1nc(NCc2ccc(CC)s2)nc(OC)n1. The number of rotatable bonds is 7. The van der Waals surface area contributed by atoms with E-state index >= 15 is 0 Å². The molecule has 6 nitrogen and oxygen atoms in total. The minimum Gasteiger partial charge on any atom is -0.467 e. The van der Waals surface area contributed by atoms with Gasteiger partial charge in [0.25, 0.3) is 0 Å². The molecule has 0 aliphatic carbocycles. The van der Waals surface area contributed by atoms with Gasteiger partial charge >= 0.3 is 6.01 Å². The quantitative estimate of drug-likeness (QED) is 0.817. The number of nitrogens with one attached hydrogen (secondary N) is 2. The second kappa shape index (κ2) is 7.04. The molecule has 2 aromatic rings. The van der Waals surface area contributed by atoms with Gasteiger partial charge in [0.05, 0.1) is 13.7 Å². The monoisotopic (exact) mass is 293 g/mol. The molecule has 0 saturated heterocycles. The van der Waals surface area contributed by atoms with Crippen LogP contribution in [-0.2, 0) is 13.0 Å². The first-order valence-corrected chi connectivity index (χ1v) is 7.42. The Bertz CT molecular complexity index is 557. The van der Waals surface area contributed by atoms with Crippen LogP contribution in [0.2, 0.25) is 0 Å². The molecule has 7 heteroatoms. The lowest BCUT2D eigenvalue weighted by molar-refractivity contribution is 0.379. The number of nitrogens with zero attached hydrogens (tertiary/aromatic N) is 3. The Morgan fingerprint density at radius 1 is 1.05 bits per heavy atom. The van der Waals surface area contributed by atoms with Gasteiger partial charge in [-0.15, -0.1) is 11.3 Å². The first-order valence-electron chi connectivity index (χ1n) is 6.60. The molecule has 0 unspecified atom stereocenters. The van der Waals surface area contributed by atoms with Crippen LogP contribution in [0.3, 0.4) is 0 Å². The fraction of sp³-hybridized carbons (Fsp3) is 0.462. The molecule has 2 aromatic heterocycles. The minimum absolute atomic E-state index is 0.305. The summed E-state index contributed by atoms with van der Waals surface area (Å²) in [5, 5.41) is 6.25. The minimum atomic E-state index is 0.305. The molecule has 0 amide bonds. The Morgan fingerprint density at radius 3 is 2.35 bits per heavy atom. The predicted octanol–water partition coefficient (Wildman–Crippen LogP) is 2.55. The van der Waals surface area contributed by atoms with Gasteiger partial charge < -0.3 is 15.4 Å². The van der Waals surface area contributed by atoms with Crippen molar-refractivity contribution in [1.29, 1.82) is 0 Å². The maximum absolute atomic E-state index is 5.08. The lowest BCUT2D eigenvalue weighted by atomic mass is 10.4. The van der Waals surface area contributed by atoms with E-state index in [4.69, 9.17) is 4.74 Å². The summed E-state index contributed by atoms with van der Waals surface area (Å²) in [4.78, 5) is 15.2. The fourth-order valence-electron chi connectivity index (χ4n) is 1.64. The zero-order valence-corrected chi connectivity index (χ0v) is 12.8. The largest absolute Gasteiger partial charge is 0.467 e. The summed E-state index contributed by atoms with van der Waals surface area (Å²) < 4.78 is 5.08. The Kier molecular flexibility index (Phi) is 5.11. The van der Waals surface area contributed by atoms with Crippen molar-refractivity contribution in [2.45, 2.75) is 26.8 Å². The van der Waals surface area contributed by atoms with E-state index in [9.17, 15) is 0 Å². The van der Waals surface area contributed by atoms with Crippen molar-refractivity contribution in [2.75, 3.05) is 24.3 Å². The molecule has 2 rings (SSSR count). The van der Waals surface area contributed by atoms with Crippen LogP contribution in [0.5, 0.6) is 6.01 Å². The summed E-state index contributed by atoms with van der Waals surface area (Å²) in [7, 11) is 1.54. The van der Waals surface area contributed by atoms with Gasteiger partial charge in [-0.05, 0) is 25.5 Å². The molecule has 20 heavy (non-hydrogen) atoms. The summed E-state index contributed by atoms with van der Waals surface area (Å²) in [6, 6.07) is 4.58. The number of thiophene rings is 1. The van der Waals surface area contributed by atoms with E-state index < -0.39 is 0 Å². The number of aromatic nitrogens is 3. The third-order valence-corrected chi connectivity index (χ3v) is 3.85. The highest BCUT2D eigenvalue weighted by molar-refractivity contribution is 7.12. The van der Waals surface area contributed by atoms with Crippen molar-refractivity contribution in [2.24, 2.45) is 0 Å². The zero-order chi connectivity index (χ0) is 14.4.